The molecule has 1 fully saturated rings. The lowest BCUT2D eigenvalue weighted by Crippen LogP contribution is -2.41. The van der Waals surface area contributed by atoms with Gasteiger partial charge in [-0.1, -0.05) is 29.6 Å². The molecule has 5 heteroatoms. The van der Waals surface area contributed by atoms with Crippen molar-refractivity contribution in [2.24, 2.45) is 0 Å². The van der Waals surface area contributed by atoms with Crippen LogP contribution in [0.1, 0.15) is 24.8 Å². The number of hydrogen-bond acceptors (Lipinski definition) is 3. The van der Waals surface area contributed by atoms with Gasteiger partial charge in [0.2, 0.25) is 0 Å². The lowest BCUT2D eigenvalue weighted by atomic mass is 10.0. The topological polar surface area (TPSA) is 25.4 Å². The van der Waals surface area contributed by atoms with E-state index in [1.807, 2.05) is 0 Å². The lowest BCUT2D eigenvalue weighted by Gasteiger charge is -2.35. The van der Waals surface area contributed by atoms with Crippen molar-refractivity contribution >= 4 is 23.2 Å². The molecule has 0 amide bonds. The number of pyridine rings is 1. The highest BCUT2D eigenvalue weighted by atomic mass is 35.5. The van der Waals surface area contributed by atoms with Crippen molar-refractivity contribution < 1.29 is 4.74 Å². The molecule has 1 aromatic heterocycles. The number of hydrogen-bond donors (Lipinski definition) is 0. The Kier molecular flexibility index (Phi) is 5.25. The van der Waals surface area contributed by atoms with Gasteiger partial charge in [0.15, 0.2) is 0 Å². The van der Waals surface area contributed by atoms with E-state index in [-0.39, 0.29) is 0 Å². The Bertz CT molecular complexity index is 378. The van der Waals surface area contributed by atoms with E-state index in [9.17, 15) is 0 Å². The number of piperidine rings is 1. The highest BCUT2D eigenvalue weighted by Gasteiger charge is 2.23. The molecule has 100 valence electrons. The van der Waals surface area contributed by atoms with Crippen molar-refractivity contribution in [3.63, 3.8) is 0 Å². The largest absolute Gasteiger partial charge is 0.383 e. The Morgan fingerprint density at radius 1 is 1.33 bits per heavy atom. The first-order chi connectivity index (χ1) is 8.72. The zero-order valence-corrected chi connectivity index (χ0v) is 12.0. The highest BCUT2D eigenvalue weighted by molar-refractivity contribution is 6.35. The summed E-state index contributed by atoms with van der Waals surface area (Å²) in [6.07, 6.45) is 6.97. The van der Waals surface area contributed by atoms with E-state index in [1.54, 1.807) is 19.5 Å². The molecule has 0 aromatic carbocycles. The summed E-state index contributed by atoms with van der Waals surface area (Å²) in [5.74, 6) is 0. The average molecular weight is 289 g/mol. The molecule has 1 aliphatic rings. The molecule has 2 rings (SSSR count). The first kappa shape index (κ1) is 14.1. The van der Waals surface area contributed by atoms with Crippen molar-refractivity contribution in [1.29, 1.82) is 0 Å². The van der Waals surface area contributed by atoms with E-state index in [1.165, 1.54) is 19.3 Å². The van der Waals surface area contributed by atoms with E-state index in [2.05, 4.69) is 9.88 Å². The quantitative estimate of drug-likeness (QED) is 0.849. The molecule has 1 atom stereocenters. The number of rotatable bonds is 4. The first-order valence-electron chi connectivity index (χ1n) is 6.23. The van der Waals surface area contributed by atoms with Crippen LogP contribution < -0.4 is 0 Å². The van der Waals surface area contributed by atoms with Gasteiger partial charge in [-0.05, 0) is 19.4 Å². The molecule has 3 nitrogen and oxygen atoms in total. The van der Waals surface area contributed by atoms with Gasteiger partial charge in [0.1, 0.15) is 0 Å². The van der Waals surface area contributed by atoms with Gasteiger partial charge in [-0.2, -0.15) is 0 Å². The van der Waals surface area contributed by atoms with Gasteiger partial charge in [0.05, 0.1) is 16.7 Å². The molecule has 1 unspecified atom stereocenters. The second-order valence-corrected chi connectivity index (χ2v) is 5.47. The molecular weight excluding hydrogens is 271 g/mol. The Labute approximate surface area is 118 Å². The molecule has 0 spiro atoms. The zero-order valence-electron chi connectivity index (χ0n) is 10.5. The number of nitrogens with zero attached hydrogens (tertiary/aromatic N) is 2. The van der Waals surface area contributed by atoms with E-state index in [0.717, 1.165) is 25.3 Å². The summed E-state index contributed by atoms with van der Waals surface area (Å²) in [5, 5.41) is 1.29. The summed E-state index contributed by atoms with van der Waals surface area (Å²) < 4.78 is 5.29. The van der Waals surface area contributed by atoms with Crippen LogP contribution in [0.15, 0.2) is 12.4 Å². The summed E-state index contributed by atoms with van der Waals surface area (Å²) in [5.41, 5.74) is 0.969. The summed E-state index contributed by atoms with van der Waals surface area (Å²) in [6.45, 7) is 2.61. The fourth-order valence-electron chi connectivity index (χ4n) is 2.44. The Hall–Kier alpha value is -0.350. The molecule has 0 bridgehead atoms. The molecule has 0 aliphatic carbocycles. The second kappa shape index (κ2) is 6.71. The van der Waals surface area contributed by atoms with Crippen LogP contribution >= 0.6 is 23.2 Å². The Morgan fingerprint density at radius 2 is 2.06 bits per heavy atom. The minimum Gasteiger partial charge on any atom is -0.383 e. The molecule has 1 aliphatic heterocycles. The molecule has 0 N–H and O–H groups in total. The summed E-state index contributed by atoms with van der Waals surface area (Å²) in [6, 6.07) is 0.462. The van der Waals surface area contributed by atoms with E-state index in [4.69, 9.17) is 27.9 Å². The monoisotopic (exact) mass is 288 g/mol. The maximum Gasteiger partial charge on any atom is 0.0649 e. The number of aromatic nitrogens is 1. The third-order valence-electron chi connectivity index (χ3n) is 3.42. The SMILES string of the molecule is COCC1CCCCN1Cc1c(Cl)cncc1Cl. The van der Waals surface area contributed by atoms with Gasteiger partial charge in [0, 0.05) is 37.7 Å². The Morgan fingerprint density at radius 3 is 2.72 bits per heavy atom. The van der Waals surface area contributed by atoms with Crippen LogP contribution in [0.5, 0.6) is 0 Å². The predicted molar refractivity (Wildman–Crippen MR) is 74.2 cm³/mol. The third kappa shape index (κ3) is 3.35. The van der Waals surface area contributed by atoms with Crippen molar-refractivity contribution in [2.75, 3.05) is 20.3 Å². The average Bonchev–Trinajstić information content (AvgIpc) is 2.36. The first-order valence-corrected chi connectivity index (χ1v) is 6.99. The van der Waals surface area contributed by atoms with Crippen molar-refractivity contribution in [1.82, 2.24) is 9.88 Å². The maximum absolute atomic E-state index is 6.17. The van der Waals surface area contributed by atoms with Gasteiger partial charge >= 0.3 is 0 Å². The number of likely N-dealkylation sites (tertiary alicyclic amines) is 1. The highest BCUT2D eigenvalue weighted by Crippen LogP contribution is 2.27. The third-order valence-corrected chi connectivity index (χ3v) is 4.07. The molecule has 0 radical (unpaired) electrons. The molecule has 1 aromatic rings. The Balaban J connectivity index is 2.11. The lowest BCUT2D eigenvalue weighted by molar-refractivity contribution is 0.0600. The zero-order chi connectivity index (χ0) is 13.0. The van der Waals surface area contributed by atoms with Gasteiger partial charge in [0.25, 0.3) is 0 Å². The van der Waals surface area contributed by atoms with Crippen molar-refractivity contribution in [3.8, 4) is 0 Å². The van der Waals surface area contributed by atoms with Crippen LogP contribution in [0.2, 0.25) is 10.0 Å². The number of methoxy groups -OCH3 is 1. The van der Waals surface area contributed by atoms with Crippen LogP contribution in [0.4, 0.5) is 0 Å². The van der Waals surface area contributed by atoms with Crippen LogP contribution in [0.25, 0.3) is 0 Å². The van der Waals surface area contributed by atoms with Gasteiger partial charge in [-0.15, -0.1) is 0 Å². The van der Waals surface area contributed by atoms with Gasteiger partial charge < -0.3 is 4.74 Å². The van der Waals surface area contributed by atoms with E-state index in [0.29, 0.717) is 16.1 Å². The molecular formula is C13H18Cl2N2O. The smallest absolute Gasteiger partial charge is 0.0649 e. The fraction of sp³-hybridized carbons (Fsp3) is 0.615. The van der Waals surface area contributed by atoms with Crippen LogP contribution in [0.3, 0.4) is 0 Å². The van der Waals surface area contributed by atoms with Crippen LogP contribution in [-0.2, 0) is 11.3 Å². The summed E-state index contributed by atoms with van der Waals surface area (Å²) >= 11 is 12.3. The van der Waals surface area contributed by atoms with Gasteiger partial charge in [-0.25, -0.2) is 0 Å². The summed E-state index contributed by atoms with van der Waals surface area (Å²) in [4.78, 5) is 6.39. The van der Waals surface area contributed by atoms with Crippen LogP contribution in [-0.4, -0.2) is 36.2 Å². The number of halogens is 2. The van der Waals surface area contributed by atoms with Crippen molar-refractivity contribution in [3.05, 3.63) is 28.0 Å². The van der Waals surface area contributed by atoms with Gasteiger partial charge in [-0.3, -0.25) is 9.88 Å². The molecule has 1 saturated heterocycles. The molecule has 2 heterocycles. The van der Waals surface area contributed by atoms with Crippen molar-refractivity contribution in [2.45, 2.75) is 31.8 Å². The predicted octanol–water partition coefficient (Wildman–Crippen LogP) is 3.39. The minimum atomic E-state index is 0.462. The fourth-order valence-corrected chi connectivity index (χ4v) is 2.93. The standard InChI is InChI=1S/C13H18Cl2N2O/c1-18-9-10-4-2-3-5-17(10)8-11-12(14)6-16-7-13(11)15/h6-7,10H,2-5,8-9H2,1H3. The van der Waals surface area contributed by atoms with E-state index < -0.39 is 0 Å². The van der Waals surface area contributed by atoms with E-state index >= 15 is 0 Å². The molecule has 18 heavy (non-hydrogen) atoms. The summed E-state index contributed by atoms with van der Waals surface area (Å²) in [7, 11) is 1.75. The van der Waals surface area contributed by atoms with Crippen LogP contribution in [0, 0.1) is 0 Å². The second-order valence-electron chi connectivity index (χ2n) is 4.66. The maximum atomic E-state index is 6.17. The number of ether oxygens (including phenoxy) is 1. The molecule has 0 saturated carbocycles. The minimum absolute atomic E-state index is 0.462. The normalized spacial score (nSPS) is 21.2.